The standard InChI is InChI=1S/C27H24BrClN2O3/c1-3-19-9-6-8-12-24(19)31-27(32)21(16-30)13-18-14-23(29)26(25(15-18)33-4-2)34-17-20-10-5-7-11-22(20)28/h5-15H,3-4,17H2,1-2H3,(H,31,32)/b21-13+. The molecule has 7 heteroatoms. The maximum atomic E-state index is 12.8. The summed E-state index contributed by atoms with van der Waals surface area (Å²) in [5.74, 6) is 0.338. The number of para-hydroxylation sites is 1. The van der Waals surface area contributed by atoms with E-state index in [0.717, 1.165) is 22.0 Å². The number of carbonyl (C=O) groups excluding carboxylic acids is 1. The van der Waals surface area contributed by atoms with Crippen LogP contribution in [0.4, 0.5) is 5.69 Å². The van der Waals surface area contributed by atoms with E-state index < -0.39 is 5.91 Å². The summed E-state index contributed by atoms with van der Waals surface area (Å²) >= 11 is 10.0. The molecular weight excluding hydrogens is 516 g/mol. The first kappa shape index (κ1) is 25.4. The number of amides is 1. The van der Waals surface area contributed by atoms with Crippen molar-refractivity contribution >= 4 is 45.2 Å². The molecule has 0 radical (unpaired) electrons. The maximum absolute atomic E-state index is 12.8. The maximum Gasteiger partial charge on any atom is 0.266 e. The Bertz CT molecular complexity index is 1250. The molecule has 0 saturated carbocycles. The van der Waals surface area contributed by atoms with E-state index in [1.54, 1.807) is 12.1 Å². The van der Waals surface area contributed by atoms with E-state index in [2.05, 4.69) is 21.2 Å². The van der Waals surface area contributed by atoms with Crippen molar-refractivity contribution in [2.24, 2.45) is 0 Å². The number of anilines is 1. The van der Waals surface area contributed by atoms with Crippen LogP contribution in [-0.2, 0) is 17.8 Å². The number of halogens is 2. The van der Waals surface area contributed by atoms with Gasteiger partial charge in [-0.05, 0) is 54.8 Å². The summed E-state index contributed by atoms with van der Waals surface area (Å²) < 4.78 is 12.6. The van der Waals surface area contributed by atoms with Crippen LogP contribution >= 0.6 is 27.5 Å². The first-order valence-electron chi connectivity index (χ1n) is 10.8. The third kappa shape index (κ3) is 6.40. The molecule has 0 bridgehead atoms. The molecule has 3 aromatic carbocycles. The van der Waals surface area contributed by atoms with Crippen LogP contribution in [0.1, 0.15) is 30.5 Å². The van der Waals surface area contributed by atoms with Gasteiger partial charge in [0.2, 0.25) is 0 Å². The van der Waals surface area contributed by atoms with Gasteiger partial charge in [-0.3, -0.25) is 4.79 Å². The monoisotopic (exact) mass is 538 g/mol. The first-order valence-corrected chi connectivity index (χ1v) is 12.0. The number of aryl methyl sites for hydroxylation is 1. The highest BCUT2D eigenvalue weighted by molar-refractivity contribution is 9.10. The van der Waals surface area contributed by atoms with Crippen LogP contribution in [0.25, 0.3) is 6.08 Å². The number of ether oxygens (including phenoxy) is 2. The van der Waals surface area contributed by atoms with E-state index in [9.17, 15) is 10.1 Å². The van der Waals surface area contributed by atoms with Gasteiger partial charge in [-0.15, -0.1) is 0 Å². The van der Waals surface area contributed by atoms with Gasteiger partial charge >= 0.3 is 0 Å². The Hall–Kier alpha value is -3.27. The number of nitrogens with zero attached hydrogens (tertiary/aromatic N) is 1. The highest BCUT2D eigenvalue weighted by atomic mass is 79.9. The van der Waals surface area contributed by atoms with Crippen molar-refractivity contribution in [2.45, 2.75) is 26.9 Å². The van der Waals surface area contributed by atoms with Gasteiger partial charge in [0, 0.05) is 15.7 Å². The van der Waals surface area contributed by atoms with E-state index in [1.807, 2.05) is 68.4 Å². The molecule has 3 aromatic rings. The van der Waals surface area contributed by atoms with E-state index >= 15 is 0 Å². The molecule has 0 heterocycles. The van der Waals surface area contributed by atoms with Gasteiger partial charge in [0.1, 0.15) is 18.2 Å². The smallest absolute Gasteiger partial charge is 0.266 e. The largest absolute Gasteiger partial charge is 0.490 e. The normalized spacial score (nSPS) is 11.0. The lowest BCUT2D eigenvalue weighted by molar-refractivity contribution is -0.112. The summed E-state index contributed by atoms with van der Waals surface area (Å²) in [6, 6.07) is 20.6. The fourth-order valence-corrected chi connectivity index (χ4v) is 3.97. The Balaban J connectivity index is 1.87. The summed E-state index contributed by atoms with van der Waals surface area (Å²) in [5.41, 5.74) is 3.13. The van der Waals surface area contributed by atoms with E-state index in [4.69, 9.17) is 21.1 Å². The number of benzene rings is 3. The Morgan fingerprint density at radius 1 is 1.09 bits per heavy atom. The van der Waals surface area contributed by atoms with Gasteiger partial charge in [-0.2, -0.15) is 5.26 Å². The zero-order valence-corrected chi connectivity index (χ0v) is 21.2. The predicted molar refractivity (Wildman–Crippen MR) is 139 cm³/mol. The fraction of sp³-hybridized carbons (Fsp3) is 0.185. The summed E-state index contributed by atoms with van der Waals surface area (Å²) in [6.07, 6.45) is 2.24. The topological polar surface area (TPSA) is 71.3 Å². The van der Waals surface area contributed by atoms with Crippen LogP contribution in [0.5, 0.6) is 11.5 Å². The molecule has 5 nitrogen and oxygen atoms in total. The summed E-state index contributed by atoms with van der Waals surface area (Å²) in [6.45, 7) is 4.55. The van der Waals surface area contributed by atoms with Crippen LogP contribution in [0.15, 0.2) is 70.7 Å². The van der Waals surface area contributed by atoms with Crippen molar-refractivity contribution in [2.75, 3.05) is 11.9 Å². The second-order valence-corrected chi connectivity index (χ2v) is 8.54. The van der Waals surface area contributed by atoms with Crippen LogP contribution in [0, 0.1) is 11.3 Å². The van der Waals surface area contributed by atoms with Crippen LogP contribution in [0.3, 0.4) is 0 Å². The molecule has 0 atom stereocenters. The van der Waals surface area contributed by atoms with Crippen LogP contribution in [0.2, 0.25) is 5.02 Å². The molecule has 1 N–H and O–H groups in total. The highest BCUT2D eigenvalue weighted by Gasteiger charge is 2.16. The van der Waals surface area contributed by atoms with Crippen molar-refractivity contribution in [3.05, 3.63) is 92.4 Å². The van der Waals surface area contributed by atoms with Crippen molar-refractivity contribution < 1.29 is 14.3 Å². The lowest BCUT2D eigenvalue weighted by Gasteiger charge is -2.15. The highest BCUT2D eigenvalue weighted by Crippen LogP contribution is 2.38. The second-order valence-electron chi connectivity index (χ2n) is 7.28. The number of carbonyl (C=O) groups is 1. The molecule has 0 unspecified atom stereocenters. The number of hydrogen-bond acceptors (Lipinski definition) is 4. The Morgan fingerprint density at radius 3 is 2.47 bits per heavy atom. The van der Waals surface area contributed by atoms with E-state index in [0.29, 0.717) is 41.0 Å². The van der Waals surface area contributed by atoms with Crippen LogP contribution in [-0.4, -0.2) is 12.5 Å². The Labute approximate surface area is 213 Å². The summed E-state index contributed by atoms with van der Waals surface area (Å²) in [5, 5.41) is 12.8. The predicted octanol–water partition coefficient (Wildman–Crippen LogP) is 7.19. The molecule has 174 valence electrons. The van der Waals surface area contributed by atoms with E-state index in [1.165, 1.54) is 6.08 Å². The molecule has 0 aliphatic rings. The summed E-state index contributed by atoms with van der Waals surface area (Å²) in [7, 11) is 0. The molecule has 1 amide bonds. The van der Waals surface area contributed by atoms with Gasteiger partial charge in [-0.1, -0.05) is 70.9 Å². The molecule has 34 heavy (non-hydrogen) atoms. The van der Waals surface area contributed by atoms with Gasteiger partial charge in [0.25, 0.3) is 5.91 Å². The van der Waals surface area contributed by atoms with Crippen molar-refractivity contribution in [1.29, 1.82) is 5.26 Å². The molecule has 0 aliphatic heterocycles. The van der Waals surface area contributed by atoms with Gasteiger partial charge in [-0.25, -0.2) is 0 Å². The van der Waals surface area contributed by atoms with Gasteiger partial charge in [0.15, 0.2) is 11.5 Å². The van der Waals surface area contributed by atoms with E-state index in [-0.39, 0.29) is 5.57 Å². The minimum Gasteiger partial charge on any atom is -0.490 e. The van der Waals surface area contributed by atoms with Gasteiger partial charge < -0.3 is 14.8 Å². The summed E-state index contributed by atoms with van der Waals surface area (Å²) in [4.78, 5) is 12.8. The minimum absolute atomic E-state index is 0.0497. The minimum atomic E-state index is -0.494. The zero-order chi connectivity index (χ0) is 24.5. The van der Waals surface area contributed by atoms with Crippen molar-refractivity contribution in [3.8, 4) is 17.6 Å². The third-order valence-corrected chi connectivity index (χ3v) is 6.04. The first-order chi connectivity index (χ1) is 16.5. The quantitative estimate of drug-likeness (QED) is 0.231. The molecule has 0 aromatic heterocycles. The average Bonchev–Trinajstić information content (AvgIpc) is 2.83. The Morgan fingerprint density at radius 2 is 1.79 bits per heavy atom. The SMILES string of the molecule is CCOc1cc(/C=C(\C#N)C(=O)Nc2ccccc2CC)cc(Cl)c1OCc1ccccc1Br. The fourth-order valence-electron chi connectivity index (χ4n) is 3.30. The molecule has 3 rings (SSSR count). The molecule has 0 spiro atoms. The number of nitriles is 1. The lowest BCUT2D eigenvalue weighted by Crippen LogP contribution is -2.14. The Kier molecular flexibility index (Phi) is 9.15. The zero-order valence-electron chi connectivity index (χ0n) is 18.9. The third-order valence-electron chi connectivity index (χ3n) is 4.98. The number of hydrogen-bond donors (Lipinski definition) is 1. The second kappa shape index (κ2) is 12.3. The number of nitrogens with one attached hydrogen (secondary N) is 1. The molecule has 0 aliphatic carbocycles. The molecule has 0 saturated heterocycles. The molecular formula is C27H24BrClN2O3. The van der Waals surface area contributed by atoms with Crippen LogP contribution < -0.4 is 14.8 Å². The average molecular weight is 540 g/mol. The van der Waals surface area contributed by atoms with Gasteiger partial charge in [0.05, 0.1) is 11.6 Å². The lowest BCUT2D eigenvalue weighted by atomic mass is 10.1. The van der Waals surface area contributed by atoms with Crippen molar-refractivity contribution in [3.63, 3.8) is 0 Å². The number of rotatable bonds is 9. The van der Waals surface area contributed by atoms with Crippen molar-refractivity contribution in [1.82, 2.24) is 0 Å². The molecule has 0 fully saturated rings.